The zero-order valence-corrected chi connectivity index (χ0v) is 17.3. The van der Waals surface area contributed by atoms with Gasteiger partial charge in [0.15, 0.2) is 0 Å². The Hall–Kier alpha value is -3.38. The predicted octanol–water partition coefficient (Wildman–Crippen LogP) is 4.97. The van der Waals surface area contributed by atoms with Gasteiger partial charge in [0.05, 0.1) is 17.1 Å². The highest BCUT2D eigenvalue weighted by atomic mass is 19.1. The molecule has 2 aromatic carbocycles. The van der Waals surface area contributed by atoms with E-state index in [1.165, 1.54) is 17.7 Å². The first kappa shape index (κ1) is 19.9. The Bertz CT molecular complexity index is 1100. The maximum atomic E-state index is 13.5. The van der Waals surface area contributed by atoms with Gasteiger partial charge in [-0.25, -0.2) is 19.0 Å². The summed E-state index contributed by atoms with van der Waals surface area (Å²) in [5, 5.41) is 4.84. The number of nitrogens with zero attached hydrogens (tertiary/aromatic N) is 5. The first-order valence-corrected chi connectivity index (χ1v) is 9.89. The molecule has 0 spiro atoms. The Kier molecular flexibility index (Phi) is 5.68. The number of hydrogen-bond donors (Lipinski definition) is 0. The molecule has 4 rings (SSSR count). The summed E-state index contributed by atoms with van der Waals surface area (Å²) in [7, 11) is 2.06. The predicted molar refractivity (Wildman–Crippen MR) is 116 cm³/mol. The molecule has 2 aromatic heterocycles. The molecule has 0 saturated heterocycles. The van der Waals surface area contributed by atoms with Crippen molar-refractivity contribution < 1.29 is 4.39 Å². The first-order valence-electron chi connectivity index (χ1n) is 9.89. The van der Waals surface area contributed by atoms with E-state index in [1.807, 2.05) is 29.1 Å². The Morgan fingerprint density at radius 2 is 1.77 bits per heavy atom. The van der Waals surface area contributed by atoms with Crippen LogP contribution in [0, 0.1) is 12.7 Å². The number of aryl methyl sites for hydroxylation is 1. The van der Waals surface area contributed by atoms with Crippen molar-refractivity contribution in [3.63, 3.8) is 0 Å². The molecule has 0 N–H and O–H groups in total. The lowest BCUT2D eigenvalue weighted by atomic mass is 10.1. The molecule has 5 nitrogen and oxygen atoms in total. The van der Waals surface area contributed by atoms with E-state index in [1.54, 1.807) is 24.7 Å². The second-order valence-corrected chi connectivity index (χ2v) is 7.52. The largest absolute Gasteiger partial charge is 0.294 e. The lowest BCUT2D eigenvalue weighted by Gasteiger charge is -2.24. The van der Waals surface area contributed by atoms with E-state index in [-0.39, 0.29) is 11.9 Å². The van der Waals surface area contributed by atoms with Gasteiger partial charge in [-0.05, 0) is 63.4 Å². The van der Waals surface area contributed by atoms with Gasteiger partial charge in [-0.2, -0.15) is 5.10 Å². The molecule has 0 aliphatic rings. The fourth-order valence-electron chi connectivity index (χ4n) is 3.39. The quantitative estimate of drug-likeness (QED) is 0.458. The highest BCUT2D eigenvalue weighted by Crippen LogP contribution is 2.27. The third kappa shape index (κ3) is 4.28. The van der Waals surface area contributed by atoms with Gasteiger partial charge in [-0.15, -0.1) is 0 Å². The van der Waals surface area contributed by atoms with Crippen LogP contribution in [0.1, 0.15) is 29.8 Å². The van der Waals surface area contributed by atoms with Gasteiger partial charge in [0, 0.05) is 36.1 Å². The summed E-state index contributed by atoms with van der Waals surface area (Å²) in [5.74, 6) is -0.257. The van der Waals surface area contributed by atoms with Crippen LogP contribution in [0.25, 0.3) is 16.9 Å². The second-order valence-electron chi connectivity index (χ2n) is 7.52. The average Bonchev–Trinajstić information content (AvgIpc) is 3.18. The minimum absolute atomic E-state index is 0.108. The first-order chi connectivity index (χ1) is 14.5. The zero-order chi connectivity index (χ0) is 21.1. The number of halogens is 1. The van der Waals surface area contributed by atoms with E-state index in [4.69, 9.17) is 5.10 Å². The minimum Gasteiger partial charge on any atom is -0.294 e. The van der Waals surface area contributed by atoms with Gasteiger partial charge in [0.25, 0.3) is 0 Å². The number of aromatic nitrogens is 4. The molecular weight excluding hydrogens is 377 g/mol. The molecule has 0 unspecified atom stereocenters. The lowest BCUT2D eigenvalue weighted by Crippen LogP contribution is -2.22. The summed E-state index contributed by atoms with van der Waals surface area (Å²) in [6.07, 6.45) is 5.37. The summed E-state index contributed by atoms with van der Waals surface area (Å²) >= 11 is 0. The monoisotopic (exact) mass is 401 g/mol. The highest BCUT2D eigenvalue weighted by molar-refractivity contribution is 5.63. The van der Waals surface area contributed by atoms with Crippen LogP contribution in [0.5, 0.6) is 0 Å². The van der Waals surface area contributed by atoms with Gasteiger partial charge in [0.2, 0.25) is 0 Å². The van der Waals surface area contributed by atoms with Crippen molar-refractivity contribution >= 4 is 0 Å². The van der Waals surface area contributed by atoms with E-state index in [0.717, 1.165) is 28.2 Å². The average molecular weight is 401 g/mol. The Morgan fingerprint density at radius 1 is 1.03 bits per heavy atom. The topological polar surface area (TPSA) is 46.8 Å². The molecule has 2 heterocycles. The van der Waals surface area contributed by atoms with Crippen LogP contribution in [-0.2, 0) is 6.54 Å². The number of benzene rings is 2. The number of rotatable bonds is 6. The van der Waals surface area contributed by atoms with Crippen LogP contribution in [0.4, 0.5) is 4.39 Å². The summed E-state index contributed by atoms with van der Waals surface area (Å²) in [5.41, 5.74) is 5.94. The van der Waals surface area contributed by atoms with E-state index in [0.29, 0.717) is 6.54 Å². The maximum absolute atomic E-state index is 13.5. The fraction of sp³-hybridized carbons (Fsp3) is 0.208. The lowest BCUT2D eigenvalue weighted by molar-refractivity contribution is 0.248. The van der Waals surface area contributed by atoms with E-state index < -0.39 is 0 Å². The normalized spacial score (nSPS) is 12.3. The van der Waals surface area contributed by atoms with Gasteiger partial charge in [-0.3, -0.25) is 4.90 Å². The minimum atomic E-state index is -0.257. The van der Waals surface area contributed by atoms with Crippen molar-refractivity contribution in [1.82, 2.24) is 24.6 Å². The van der Waals surface area contributed by atoms with Crippen molar-refractivity contribution in [1.29, 1.82) is 0 Å². The smallest absolute Gasteiger partial charge is 0.123 e. The third-order valence-electron chi connectivity index (χ3n) is 5.32. The summed E-state index contributed by atoms with van der Waals surface area (Å²) in [6, 6.07) is 16.8. The highest BCUT2D eigenvalue weighted by Gasteiger charge is 2.18. The number of hydrogen-bond acceptors (Lipinski definition) is 4. The molecule has 0 fully saturated rings. The second kappa shape index (κ2) is 8.55. The molecule has 0 aliphatic carbocycles. The van der Waals surface area contributed by atoms with Crippen molar-refractivity contribution in [2.75, 3.05) is 7.05 Å². The van der Waals surface area contributed by atoms with Crippen molar-refractivity contribution in [2.45, 2.75) is 26.4 Å². The molecular formula is C24H24FN5. The van der Waals surface area contributed by atoms with Crippen LogP contribution in [-0.4, -0.2) is 31.7 Å². The molecule has 1 atom stereocenters. The molecule has 0 amide bonds. The van der Waals surface area contributed by atoms with Gasteiger partial charge in [-0.1, -0.05) is 17.7 Å². The molecule has 0 radical (unpaired) electrons. The molecule has 0 saturated carbocycles. The summed E-state index contributed by atoms with van der Waals surface area (Å²) in [6.45, 7) is 4.85. The Labute approximate surface area is 175 Å². The SMILES string of the molecule is Cc1ccc(-n2cc(CN(C)[C@H](C)c3ccncn3)c(-c3ccc(F)cc3)n2)cc1. The standard InChI is InChI=1S/C24H24FN5/c1-17-4-10-22(11-5-17)30-15-20(24(28-30)19-6-8-21(25)9-7-19)14-29(3)18(2)23-12-13-26-16-27-23/h4-13,15-16,18H,14H2,1-3H3/t18-/m1/s1. The van der Waals surface area contributed by atoms with Crippen LogP contribution in [0.3, 0.4) is 0 Å². The summed E-state index contributed by atoms with van der Waals surface area (Å²) in [4.78, 5) is 10.6. The molecule has 6 heteroatoms. The van der Waals surface area contributed by atoms with E-state index in [2.05, 4.69) is 47.9 Å². The van der Waals surface area contributed by atoms with Gasteiger partial charge < -0.3 is 0 Å². The van der Waals surface area contributed by atoms with E-state index >= 15 is 0 Å². The van der Waals surface area contributed by atoms with Crippen LogP contribution in [0.2, 0.25) is 0 Å². The zero-order valence-electron chi connectivity index (χ0n) is 17.3. The third-order valence-corrected chi connectivity index (χ3v) is 5.32. The van der Waals surface area contributed by atoms with E-state index in [9.17, 15) is 4.39 Å². The molecule has 4 aromatic rings. The molecule has 152 valence electrons. The van der Waals surface area contributed by atoms with Crippen molar-refractivity contribution in [2.24, 2.45) is 0 Å². The van der Waals surface area contributed by atoms with Crippen LogP contribution in [0.15, 0.2) is 73.3 Å². The molecule has 0 bridgehead atoms. The Balaban J connectivity index is 1.69. The van der Waals surface area contributed by atoms with Crippen LogP contribution >= 0.6 is 0 Å². The fourth-order valence-corrected chi connectivity index (χ4v) is 3.39. The molecule has 0 aliphatic heterocycles. The van der Waals surface area contributed by atoms with Crippen LogP contribution < -0.4 is 0 Å². The molecule has 30 heavy (non-hydrogen) atoms. The van der Waals surface area contributed by atoms with Gasteiger partial charge >= 0.3 is 0 Å². The van der Waals surface area contributed by atoms with Crippen molar-refractivity contribution in [3.05, 3.63) is 96.0 Å². The maximum Gasteiger partial charge on any atom is 0.123 e. The van der Waals surface area contributed by atoms with Gasteiger partial charge in [0.1, 0.15) is 12.1 Å². The van der Waals surface area contributed by atoms with Crippen molar-refractivity contribution in [3.8, 4) is 16.9 Å². The Morgan fingerprint density at radius 3 is 2.43 bits per heavy atom. The summed E-state index contributed by atoms with van der Waals surface area (Å²) < 4.78 is 15.4.